The number of fused-ring (bicyclic) bond motifs is 1. The van der Waals surface area contributed by atoms with Gasteiger partial charge in [-0.2, -0.15) is 23.5 Å². The van der Waals surface area contributed by atoms with Crippen LogP contribution < -0.4 is 16.4 Å². The summed E-state index contributed by atoms with van der Waals surface area (Å²) in [6.07, 6.45) is 1.17. The second-order valence-electron chi connectivity index (χ2n) is 9.71. The Bertz CT molecular complexity index is 1710. The number of nitrogens with two attached hydrogens (primary N) is 1. The number of halogens is 4. The van der Waals surface area contributed by atoms with Gasteiger partial charge in [0.05, 0.1) is 34.1 Å². The molecule has 42 heavy (non-hydrogen) atoms. The molecule has 218 valence electrons. The number of nitrogens with zero attached hydrogens (tertiary/aromatic N) is 7. The molecule has 1 fully saturated rings. The summed E-state index contributed by atoms with van der Waals surface area (Å²) in [6.45, 7) is 2.21. The van der Waals surface area contributed by atoms with Gasteiger partial charge in [0.2, 0.25) is 5.91 Å². The van der Waals surface area contributed by atoms with E-state index >= 15 is 0 Å². The molecule has 1 aliphatic rings. The Labute approximate surface area is 241 Å². The quantitative estimate of drug-likeness (QED) is 0.292. The predicted molar refractivity (Wildman–Crippen MR) is 146 cm³/mol. The maximum atomic E-state index is 13.7. The van der Waals surface area contributed by atoms with Crippen LogP contribution in [-0.4, -0.2) is 66.0 Å². The second kappa shape index (κ2) is 11.3. The van der Waals surface area contributed by atoms with E-state index in [4.69, 9.17) is 22.6 Å². The van der Waals surface area contributed by atoms with Crippen LogP contribution in [0.1, 0.15) is 29.4 Å². The average molecular weight is 601 g/mol. The molecule has 4 heterocycles. The highest BCUT2D eigenvalue weighted by Crippen LogP contribution is 2.37. The first-order chi connectivity index (χ1) is 20.0. The van der Waals surface area contributed by atoms with Gasteiger partial charge in [0.25, 0.3) is 5.91 Å². The SMILES string of the molecule is CC(NC(=O)c1ccc(Nc2nccn3c(-c4cn(CC#N)nc4C(F)(F)F)cnc23)cc1Cl)C(=O)N1CC[C@@H](N)C1. The molecule has 1 unspecified atom stereocenters. The lowest BCUT2D eigenvalue weighted by molar-refractivity contribution is -0.141. The topological polar surface area (TPSA) is 159 Å². The van der Waals surface area contributed by atoms with E-state index in [2.05, 4.69) is 25.7 Å². The van der Waals surface area contributed by atoms with E-state index in [0.717, 1.165) is 10.9 Å². The van der Waals surface area contributed by atoms with Crippen molar-refractivity contribution in [2.75, 3.05) is 18.4 Å². The normalized spacial score (nSPS) is 15.9. The van der Waals surface area contributed by atoms with E-state index in [1.807, 2.05) is 0 Å². The van der Waals surface area contributed by atoms with Crippen LogP contribution in [-0.2, 0) is 17.5 Å². The van der Waals surface area contributed by atoms with Gasteiger partial charge in [-0.3, -0.25) is 18.7 Å². The number of nitrogens with one attached hydrogen (secondary N) is 2. The minimum atomic E-state index is -4.76. The number of aromatic nitrogens is 5. The number of rotatable bonds is 7. The van der Waals surface area contributed by atoms with Crippen molar-refractivity contribution in [3.05, 3.63) is 59.3 Å². The first kappa shape index (κ1) is 28.8. The molecule has 0 bridgehead atoms. The van der Waals surface area contributed by atoms with Crippen LogP contribution in [0.5, 0.6) is 0 Å². The van der Waals surface area contributed by atoms with E-state index < -0.39 is 23.8 Å². The fourth-order valence-electron chi connectivity index (χ4n) is 4.69. The number of nitriles is 1. The zero-order valence-electron chi connectivity index (χ0n) is 22.1. The Morgan fingerprint density at radius 1 is 1.31 bits per heavy atom. The zero-order chi connectivity index (χ0) is 30.2. The van der Waals surface area contributed by atoms with Crippen molar-refractivity contribution in [3.63, 3.8) is 0 Å². The Kier molecular flexibility index (Phi) is 7.76. The van der Waals surface area contributed by atoms with Crippen molar-refractivity contribution in [1.29, 1.82) is 5.26 Å². The molecule has 0 aliphatic carbocycles. The van der Waals surface area contributed by atoms with Gasteiger partial charge in [-0.05, 0) is 31.5 Å². The van der Waals surface area contributed by atoms with Crippen LogP contribution in [0.2, 0.25) is 5.02 Å². The molecule has 1 aromatic carbocycles. The minimum absolute atomic E-state index is 0.0777. The standard InChI is InChI=1S/C26H24ClF3N10O2/c1-14(25(42)38-7-4-15(32)12-38)35-24(41)17-3-2-16(10-19(17)27)36-22-23-34-11-20(40(23)9-6-33-22)18-13-39(8-5-31)37-21(18)26(28,29)30/h2-3,6,9-11,13-15H,4,7-8,12,32H2,1H3,(H,33,36)(H,35,41)/t14?,15-/m1/s1. The van der Waals surface area contributed by atoms with Crippen molar-refractivity contribution in [2.45, 2.75) is 38.1 Å². The monoisotopic (exact) mass is 600 g/mol. The molecule has 4 N–H and O–H groups in total. The maximum Gasteiger partial charge on any atom is 0.435 e. The van der Waals surface area contributed by atoms with Gasteiger partial charge in [0.1, 0.15) is 12.6 Å². The summed E-state index contributed by atoms with van der Waals surface area (Å²) in [7, 11) is 0. The molecular weight excluding hydrogens is 577 g/mol. The number of likely N-dealkylation sites (tertiary alicyclic amines) is 1. The van der Waals surface area contributed by atoms with Crippen LogP contribution in [0.25, 0.3) is 16.9 Å². The molecule has 2 amide bonds. The lowest BCUT2D eigenvalue weighted by Crippen LogP contribution is -2.46. The van der Waals surface area contributed by atoms with Gasteiger partial charge in [-0.1, -0.05) is 11.6 Å². The molecule has 0 spiro atoms. The highest BCUT2D eigenvalue weighted by atomic mass is 35.5. The number of imidazole rings is 1. The lowest BCUT2D eigenvalue weighted by atomic mass is 10.1. The predicted octanol–water partition coefficient (Wildman–Crippen LogP) is 3.21. The van der Waals surface area contributed by atoms with E-state index in [0.29, 0.717) is 25.2 Å². The molecule has 12 nitrogen and oxygen atoms in total. The first-order valence-electron chi connectivity index (χ1n) is 12.7. The highest BCUT2D eigenvalue weighted by Gasteiger charge is 2.38. The van der Waals surface area contributed by atoms with Crippen molar-refractivity contribution < 1.29 is 22.8 Å². The number of hydrogen-bond acceptors (Lipinski definition) is 8. The number of hydrogen-bond donors (Lipinski definition) is 3. The average Bonchev–Trinajstić information content (AvgIpc) is 3.66. The van der Waals surface area contributed by atoms with Crippen LogP contribution in [0, 0.1) is 11.3 Å². The van der Waals surface area contributed by atoms with Crippen LogP contribution in [0.4, 0.5) is 24.7 Å². The summed E-state index contributed by atoms with van der Waals surface area (Å²) in [4.78, 5) is 35.6. The fourth-order valence-corrected chi connectivity index (χ4v) is 4.96. The Balaban J connectivity index is 1.36. The highest BCUT2D eigenvalue weighted by molar-refractivity contribution is 6.34. The molecule has 16 heteroatoms. The number of amides is 2. The third kappa shape index (κ3) is 5.71. The first-order valence-corrected chi connectivity index (χ1v) is 13.1. The van der Waals surface area contributed by atoms with Crippen LogP contribution in [0.3, 0.4) is 0 Å². The van der Waals surface area contributed by atoms with Crippen molar-refractivity contribution in [1.82, 2.24) is 34.4 Å². The van der Waals surface area contributed by atoms with Crippen LogP contribution >= 0.6 is 11.6 Å². The fraction of sp³-hybridized carbons (Fsp3) is 0.308. The summed E-state index contributed by atoms with van der Waals surface area (Å²) in [5.41, 5.74) is 5.34. The van der Waals surface area contributed by atoms with Crippen molar-refractivity contribution >= 4 is 40.6 Å². The molecule has 0 radical (unpaired) electrons. The molecule has 1 aliphatic heterocycles. The van der Waals surface area contributed by atoms with Gasteiger partial charge in [0, 0.05) is 43.4 Å². The Morgan fingerprint density at radius 2 is 2.10 bits per heavy atom. The number of alkyl halides is 3. The second-order valence-corrected chi connectivity index (χ2v) is 10.1. The minimum Gasteiger partial charge on any atom is -0.340 e. The summed E-state index contributed by atoms with van der Waals surface area (Å²) in [6, 6.07) is 5.43. The third-order valence-corrected chi connectivity index (χ3v) is 7.01. The van der Waals surface area contributed by atoms with Crippen molar-refractivity contribution in [3.8, 4) is 17.3 Å². The lowest BCUT2D eigenvalue weighted by Gasteiger charge is -2.21. The molecular formula is C26H24ClF3N10O2. The van der Waals surface area contributed by atoms with Crippen molar-refractivity contribution in [2.24, 2.45) is 5.73 Å². The summed E-state index contributed by atoms with van der Waals surface area (Å²) in [5.74, 6) is -0.562. The largest absolute Gasteiger partial charge is 0.435 e. The van der Waals surface area contributed by atoms with E-state index in [-0.39, 0.29) is 51.8 Å². The van der Waals surface area contributed by atoms with E-state index in [1.54, 1.807) is 24.0 Å². The maximum absolute atomic E-state index is 13.7. The summed E-state index contributed by atoms with van der Waals surface area (Å²) in [5, 5.41) is 18.2. The Hall–Kier alpha value is -4.68. The van der Waals surface area contributed by atoms with E-state index in [1.165, 1.54) is 35.1 Å². The molecule has 3 aromatic heterocycles. The van der Waals surface area contributed by atoms with Crippen LogP contribution in [0.15, 0.2) is 43.0 Å². The van der Waals surface area contributed by atoms with Gasteiger partial charge in [-0.25, -0.2) is 9.97 Å². The molecule has 2 atom stereocenters. The molecule has 1 saturated heterocycles. The van der Waals surface area contributed by atoms with Gasteiger partial charge < -0.3 is 21.3 Å². The zero-order valence-corrected chi connectivity index (χ0v) is 22.8. The van der Waals surface area contributed by atoms with Gasteiger partial charge in [0.15, 0.2) is 17.2 Å². The smallest absolute Gasteiger partial charge is 0.340 e. The van der Waals surface area contributed by atoms with Gasteiger partial charge >= 0.3 is 6.18 Å². The van der Waals surface area contributed by atoms with E-state index in [9.17, 15) is 22.8 Å². The number of anilines is 2. The molecule has 0 saturated carbocycles. The number of benzene rings is 1. The summed E-state index contributed by atoms with van der Waals surface area (Å²) < 4.78 is 43.4. The number of carbonyl (C=O) groups is 2. The third-order valence-electron chi connectivity index (χ3n) is 6.70. The Morgan fingerprint density at radius 3 is 2.76 bits per heavy atom. The molecule has 4 aromatic rings. The van der Waals surface area contributed by atoms with Gasteiger partial charge in [-0.15, -0.1) is 0 Å². The summed E-state index contributed by atoms with van der Waals surface area (Å²) >= 11 is 6.40. The number of carbonyl (C=O) groups excluding carboxylic acids is 2. The molecule has 5 rings (SSSR count).